The van der Waals surface area contributed by atoms with Gasteiger partial charge in [0.15, 0.2) is 0 Å². The van der Waals surface area contributed by atoms with Crippen LogP contribution in [0.25, 0.3) is 55.6 Å². The minimum absolute atomic E-state index is 0.0515. The maximum Gasteiger partial charge on any atom is 0.0462 e. The summed E-state index contributed by atoms with van der Waals surface area (Å²) < 4.78 is 0. The Labute approximate surface area is 307 Å². The highest BCUT2D eigenvalue weighted by Gasteiger charge is 2.35. The maximum absolute atomic E-state index is 2.42. The fourth-order valence-electron chi connectivity index (χ4n) is 7.90. The van der Waals surface area contributed by atoms with E-state index in [0.29, 0.717) is 0 Å². The van der Waals surface area contributed by atoms with Crippen LogP contribution in [-0.4, -0.2) is 0 Å². The fourth-order valence-corrected chi connectivity index (χ4v) is 7.90. The van der Waals surface area contributed by atoms with Gasteiger partial charge in [0, 0.05) is 22.5 Å². The second kappa shape index (κ2) is 13.0. The Kier molecular flexibility index (Phi) is 7.90. The molecule has 248 valence electrons. The van der Waals surface area contributed by atoms with Crippen molar-refractivity contribution in [1.82, 2.24) is 0 Å². The SMILES string of the molecule is CC1(C)c2ccccc2-c2ccc(-c3cc(-c4ccccc4)cc(-c4ccc(N(c5ccccc5)c5ccc(-c6ccccc6)cc5)cc4)c3)cc21. The molecule has 0 fully saturated rings. The Morgan fingerprint density at radius 2 is 0.673 bits per heavy atom. The molecule has 0 heterocycles. The van der Waals surface area contributed by atoms with Gasteiger partial charge in [-0.1, -0.05) is 153 Å². The highest BCUT2D eigenvalue weighted by molar-refractivity contribution is 5.87. The van der Waals surface area contributed by atoms with Crippen LogP contribution >= 0.6 is 0 Å². The lowest BCUT2D eigenvalue weighted by Crippen LogP contribution is -2.14. The van der Waals surface area contributed by atoms with Crippen LogP contribution in [0.5, 0.6) is 0 Å². The van der Waals surface area contributed by atoms with Crippen molar-refractivity contribution in [2.45, 2.75) is 19.3 Å². The van der Waals surface area contributed by atoms with Crippen molar-refractivity contribution in [2.24, 2.45) is 0 Å². The lowest BCUT2D eigenvalue weighted by molar-refractivity contribution is 0.660. The Morgan fingerprint density at radius 1 is 0.288 bits per heavy atom. The Bertz CT molecular complexity index is 2500. The molecular weight excluding hydrogens is 627 g/mol. The predicted molar refractivity (Wildman–Crippen MR) is 220 cm³/mol. The molecule has 0 saturated heterocycles. The minimum Gasteiger partial charge on any atom is -0.311 e. The first-order valence-electron chi connectivity index (χ1n) is 18.1. The highest BCUT2D eigenvalue weighted by atomic mass is 15.1. The molecule has 1 heteroatoms. The maximum atomic E-state index is 2.42. The summed E-state index contributed by atoms with van der Waals surface area (Å²) in [6.07, 6.45) is 0. The number of anilines is 3. The Hall–Kier alpha value is -6.44. The van der Waals surface area contributed by atoms with E-state index in [1.807, 2.05) is 0 Å². The van der Waals surface area contributed by atoms with Crippen LogP contribution in [0.2, 0.25) is 0 Å². The van der Waals surface area contributed by atoms with Gasteiger partial charge in [0.05, 0.1) is 0 Å². The van der Waals surface area contributed by atoms with E-state index in [2.05, 4.69) is 219 Å². The summed E-state index contributed by atoms with van der Waals surface area (Å²) in [6, 6.07) is 72.7. The summed E-state index contributed by atoms with van der Waals surface area (Å²) in [5.41, 5.74) is 18.5. The third-order valence-corrected chi connectivity index (χ3v) is 10.7. The summed E-state index contributed by atoms with van der Waals surface area (Å²) in [4.78, 5) is 2.33. The van der Waals surface area contributed by atoms with E-state index in [0.717, 1.165) is 17.1 Å². The molecule has 0 bridgehead atoms. The van der Waals surface area contributed by atoms with Gasteiger partial charge in [-0.2, -0.15) is 0 Å². The largest absolute Gasteiger partial charge is 0.311 e. The van der Waals surface area contributed by atoms with E-state index in [-0.39, 0.29) is 5.41 Å². The van der Waals surface area contributed by atoms with Gasteiger partial charge in [0.2, 0.25) is 0 Å². The molecule has 0 atom stereocenters. The molecule has 9 rings (SSSR count). The van der Waals surface area contributed by atoms with Gasteiger partial charge in [0.25, 0.3) is 0 Å². The van der Waals surface area contributed by atoms with Crippen molar-refractivity contribution in [3.63, 3.8) is 0 Å². The number of para-hydroxylation sites is 1. The monoisotopic (exact) mass is 665 g/mol. The van der Waals surface area contributed by atoms with Gasteiger partial charge in [-0.05, 0) is 127 Å². The lowest BCUT2D eigenvalue weighted by Gasteiger charge is -2.26. The van der Waals surface area contributed by atoms with Crippen LogP contribution in [0.1, 0.15) is 25.0 Å². The molecule has 8 aromatic rings. The van der Waals surface area contributed by atoms with E-state index < -0.39 is 0 Å². The third kappa shape index (κ3) is 5.71. The first kappa shape index (κ1) is 31.5. The average Bonchev–Trinajstić information content (AvgIpc) is 3.45. The average molecular weight is 666 g/mol. The van der Waals surface area contributed by atoms with Crippen LogP contribution in [0.3, 0.4) is 0 Å². The smallest absolute Gasteiger partial charge is 0.0462 e. The number of hydrogen-bond donors (Lipinski definition) is 0. The molecule has 0 saturated carbocycles. The molecule has 52 heavy (non-hydrogen) atoms. The van der Waals surface area contributed by atoms with Crippen molar-refractivity contribution < 1.29 is 0 Å². The van der Waals surface area contributed by atoms with E-state index in [9.17, 15) is 0 Å². The van der Waals surface area contributed by atoms with Crippen LogP contribution in [0, 0.1) is 0 Å². The molecule has 1 nitrogen and oxygen atoms in total. The van der Waals surface area contributed by atoms with Gasteiger partial charge in [-0.15, -0.1) is 0 Å². The van der Waals surface area contributed by atoms with E-state index in [4.69, 9.17) is 0 Å². The van der Waals surface area contributed by atoms with Gasteiger partial charge in [-0.25, -0.2) is 0 Å². The number of fused-ring (bicyclic) bond motifs is 3. The van der Waals surface area contributed by atoms with E-state index >= 15 is 0 Å². The molecule has 0 amide bonds. The second-order valence-electron chi connectivity index (χ2n) is 14.2. The van der Waals surface area contributed by atoms with Crippen LogP contribution in [0.15, 0.2) is 200 Å². The number of nitrogens with zero attached hydrogens (tertiary/aromatic N) is 1. The van der Waals surface area contributed by atoms with Gasteiger partial charge in [0.1, 0.15) is 0 Å². The normalized spacial score (nSPS) is 12.6. The zero-order chi connectivity index (χ0) is 35.1. The van der Waals surface area contributed by atoms with Crippen molar-refractivity contribution >= 4 is 17.1 Å². The fraction of sp³-hybridized carbons (Fsp3) is 0.0588. The highest BCUT2D eigenvalue weighted by Crippen LogP contribution is 2.50. The van der Waals surface area contributed by atoms with E-state index in [1.165, 1.54) is 66.8 Å². The lowest BCUT2D eigenvalue weighted by atomic mass is 9.81. The predicted octanol–water partition coefficient (Wildman–Crippen LogP) is 14.1. The van der Waals surface area contributed by atoms with Gasteiger partial charge in [-0.3, -0.25) is 0 Å². The van der Waals surface area contributed by atoms with Gasteiger partial charge >= 0.3 is 0 Å². The number of hydrogen-bond acceptors (Lipinski definition) is 1. The van der Waals surface area contributed by atoms with E-state index in [1.54, 1.807) is 0 Å². The number of rotatable bonds is 7. The summed E-state index contributed by atoms with van der Waals surface area (Å²) in [7, 11) is 0. The zero-order valence-electron chi connectivity index (χ0n) is 29.5. The number of benzene rings is 8. The van der Waals surface area contributed by atoms with Crippen LogP contribution in [-0.2, 0) is 5.41 Å². The molecule has 1 aliphatic rings. The molecule has 0 spiro atoms. The topological polar surface area (TPSA) is 3.24 Å². The molecule has 0 radical (unpaired) electrons. The van der Waals surface area contributed by atoms with Crippen molar-refractivity contribution in [1.29, 1.82) is 0 Å². The van der Waals surface area contributed by atoms with Gasteiger partial charge < -0.3 is 4.90 Å². The molecule has 0 aliphatic heterocycles. The first-order chi connectivity index (χ1) is 25.5. The minimum atomic E-state index is -0.0515. The Balaban J connectivity index is 1.11. The molecule has 1 aliphatic carbocycles. The summed E-state index contributed by atoms with van der Waals surface area (Å²) in [5, 5.41) is 0. The molecule has 8 aromatic carbocycles. The second-order valence-corrected chi connectivity index (χ2v) is 14.2. The van der Waals surface area contributed by atoms with Crippen LogP contribution in [0.4, 0.5) is 17.1 Å². The molecular formula is C51H39N. The molecule has 0 unspecified atom stereocenters. The summed E-state index contributed by atoms with van der Waals surface area (Å²) in [5.74, 6) is 0. The van der Waals surface area contributed by atoms with Crippen molar-refractivity contribution in [3.8, 4) is 55.6 Å². The Morgan fingerprint density at radius 3 is 1.25 bits per heavy atom. The van der Waals surface area contributed by atoms with Crippen molar-refractivity contribution in [3.05, 3.63) is 211 Å². The first-order valence-corrected chi connectivity index (χ1v) is 18.1. The zero-order valence-corrected chi connectivity index (χ0v) is 29.5. The standard InChI is InChI=1S/C51H39N/c1-51(2)49-21-13-12-20-47(49)48-31-26-40(35-50(48)51)43-33-41(37-16-8-4-9-17-37)32-42(34-43)39-24-29-46(30-25-39)52(44-18-10-5-11-19-44)45-27-22-38(23-28-45)36-14-6-3-7-15-36/h3-35H,1-2H3. The molecule has 0 N–H and O–H groups in total. The summed E-state index contributed by atoms with van der Waals surface area (Å²) >= 11 is 0. The quantitative estimate of drug-likeness (QED) is 0.164. The summed E-state index contributed by atoms with van der Waals surface area (Å²) in [6.45, 7) is 4.70. The third-order valence-electron chi connectivity index (χ3n) is 10.7. The van der Waals surface area contributed by atoms with Crippen molar-refractivity contribution in [2.75, 3.05) is 4.90 Å². The molecule has 0 aromatic heterocycles. The van der Waals surface area contributed by atoms with Crippen LogP contribution < -0.4 is 4.90 Å².